The summed E-state index contributed by atoms with van der Waals surface area (Å²) in [7, 11) is 1.73. The van der Waals surface area contributed by atoms with Gasteiger partial charge in [0.25, 0.3) is 0 Å². The molecule has 0 aliphatic carbocycles. The van der Waals surface area contributed by atoms with Crippen LogP contribution in [0, 0.1) is 18.7 Å². The van der Waals surface area contributed by atoms with Gasteiger partial charge in [0.1, 0.15) is 5.82 Å². The van der Waals surface area contributed by atoms with Crippen LogP contribution in [0.3, 0.4) is 0 Å². The average Bonchev–Trinajstić information content (AvgIpc) is 2.58. The lowest BCUT2D eigenvalue weighted by atomic mass is 10.1. The summed E-state index contributed by atoms with van der Waals surface area (Å²) in [4.78, 5) is 6.68. The maximum atomic E-state index is 13.6. The van der Waals surface area contributed by atoms with E-state index in [1.165, 1.54) is 0 Å². The highest BCUT2D eigenvalue weighted by Gasteiger charge is 2.21. The molecule has 1 heterocycles. The molecule has 0 bridgehead atoms. The summed E-state index contributed by atoms with van der Waals surface area (Å²) in [5.41, 5.74) is 1.55. The van der Waals surface area contributed by atoms with E-state index in [2.05, 4.69) is 34.4 Å². The first-order valence-electron chi connectivity index (χ1n) is 9.01. The Kier molecular flexibility index (Phi) is 10.4. The molecule has 26 heavy (non-hydrogen) atoms. The van der Waals surface area contributed by atoms with E-state index in [4.69, 9.17) is 4.74 Å². The van der Waals surface area contributed by atoms with Crippen LogP contribution in [-0.4, -0.2) is 56.8 Å². The first-order valence-corrected chi connectivity index (χ1v) is 9.01. The standard InChI is InChI=1S/C19H31FN4O.HI/c1-14(2)12-24-7-8-25-17(13-24)11-23-19(21-4)22-10-16-6-5-15(3)18(20)9-16;/h5-6,9,14,17H,7-8,10-13H2,1-4H3,(H2,21,22,23);1H. The molecule has 5 nitrogen and oxygen atoms in total. The molecule has 1 saturated heterocycles. The number of aryl methyl sites for hydroxylation is 1. The molecular formula is C19H32FIN4O. The third-order valence-corrected chi connectivity index (χ3v) is 4.26. The Morgan fingerprint density at radius 2 is 2.15 bits per heavy atom. The van der Waals surface area contributed by atoms with Gasteiger partial charge in [0.2, 0.25) is 0 Å². The summed E-state index contributed by atoms with van der Waals surface area (Å²) in [5, 5.41) is 6.52. The highest BCUT2D eigenvalue weighted by Crippen LogP contribution is 2.09. The molecule has 0 saturated carbocycles. The number of morpholine rings is 1. The van der Waals surface area contributed by atoms with Crippen LogP contribution in [-0.2, 0) is 11.3 Å². The lowest BCUT2D eigenvalue weighted by molar-refractivity contribution is -0.0284. The van der Waals surface area contributed by atoms with Crippen LogP contribution in [0.2, 0.25) is 0 Å². The zero-order chi connectivity index (χ0) is 18.2. The van der Waals surface area contributed by atoms with Gasteiger partial charge in [-0.15, -0.1) is 24.0 Å². The molecule has 0 aromatic heterocycles. The van der Waals surface area contributed by atoms with Crippen LogP contribution < -0.4 is 10.6 Å². The minimum Gasteiger partial charge on any atom is -0.374 e. The van der Waals surface area contributed by atoms with Gasteiger partial charge < -0.3 is 15.4 Å². The number of benzene rings is 1. The predicted octanol–water partition coefficient (Wildman–Crippen LogP) is 2.77. The molecular weight excluding hydrogens is 446 g/mol. The molecule has 2 rings (SSSR count). The highest BCUT2D eigenvalue weighted by molar-refractivity contribution is 14.0. The van der Waals surface area contributed by atoms with Crippen molar-refractivity contribution in [1.29, 1.82) is 0 Å². The largest absolute Gasteiger partial charge is 0.374 e. The second-order valence-electron chi connectivity index (χ2n) is 7.04. The molecule has 1 aliphatic rings. The van der Waals surface area contributed by atoms with E-state index in [-0.39, 0.29) is 35.9 Å². The lowest BCUT2D eigenvalue weighted by Crippen LogP contribution is -2.50. The van der Waals surface area contributed by atoms with Gasteiger partial charge in [-0.05, 0) is 30.0 Å². The molecule has 1 unspecified atom stereocenters. The van der Waals surface area contributed by atoms with Crippen LogP contribution >= 0.6 is 24.0 Å². The predicted molar refractivity (Wildman–Crippen MR) is 116 cm³/mol. The van der Waals surface area contributed by atoms with E-state index >= 15 is 0 Å². The topological polar surface area (TPSA) is 48.9 Å². The number of aliphatic imine (C=N–C) groups is 1. The minimum atomic E-state index is -0.178. The molecule has 1 atom stereocenters. The number of halogens is 2. The van der Waals surface area contributed by atoms with Crippen molar-refractivity contribution in [3.63, 3.8) is 0 Å². The minimum absolute atomic E-state index is 0. The smallest absolute Gasteiger partial charge is 0.191 e. The molecule has 0 spiro atoms. The van der Waals surface area contributed by atoms with Gasteiger partial charge in [-0.3, -0.25) is 9.89 Å². The summed E-state index contributed by atoms with van der Waals surface area (Å²) < 4.78 is 19.4. The fourth-order valence-corrected chi connectivity index (χ4v) is 2.95. The van der Waals surface area contributed by atoms with Gasteiger partial charge in [0.05, 0.1) is 12.7 Å². The third-order valence-electron chi connectivity index (χ3n) is 4.26. The Bertz CT molecular complexity index is 583. The lowest BCUT2D eigenvalue weighted by Gasteiger charge is -2.34. The Labute approximate surface area is 173 Å². The fourth-order valence-electron chi connectivity index (χ4n) is 2.95. The van der Waals surface area contributed by atoms with Gasteiger partial charge >= 0.3 is 0 Å². The molecule has 1 aromatic rings. The molecule has 1 aromatic carbocycles. The Balaban J connectivity index is 0.00000338. The van der Waals surface area contributed by atoms with E-state index in [1.54, 1.807) is 26.1 Å². The van der Waals surface area contributed by atoms with Crippen molar-refractivity contribution in [2.45, 2.75) is 33.4 Å². The molecule has 0 radical (unpaired) electrons. The maximum Gasteiger partial charge on any atom is 0.191 e. The summed E-state index contributed by atoms with van der Waals surface area (Å²) in [6.07, 6.45) is 0.155. The zero-order valence-electron chi connectivity index (χ0n) is 16.2. The maximum absolute atomic E-state index is 13.6. The normalized spacial score (nSPS) is 18.5. The Morgan fingerprint density at radius 3 is 2.81 bits per heavy atom. The van der Waals surface area contributed by atoms with Crippen molar-refractivity contribution >= 4 is 29.9 Å². The summed E-state index contributed by atoms with van der Waals surface area (Å²) >= 11 is 0. The second-order valence-corrected chi connectivity index (χ2v) is 7.04. The van der Waals surface area contributed by atoms with E-state index in [9.17, 15) is 4.39 Å². The van der Waals surface area contributed by atoms with E-state index < -0.39 is 0 Å². The quantitative estimate of drug-likeness (QED) is 0.375. The van der Waals surface area contributed by atoms with Crippen LogP contribution in [0.25, 0.3) is 0 Å². The van der Waals surface area contributed by atoms with E-state index in [0.29, 0.717) is 30.5 Å². The highest BCUT2D eigenvalue weighted by atomic mass is 127. The van der Waals surface area contributed by atoms with Crippen LogP contribution in [0.5, 0.6) is 0 Å². The van der Waals surface area contributed by atoms with E-state index in [1.807, 2.05) is 6.07 Å². The van der Waals surface area contributed by atoms with Crippen LogP contribution in [0.1, 0.15) is 25.0 Å². The number of guanidine groups is 1. The number of rotatable bonds is 6. The number of hydrogen-bond donors (Lipinski definition) is 2. The van der Waals surface area contributed by atoms with Crippen LogP contribution in [0.15, 0.2) is 23.2 Å². The van der Waals surface area contributed by atoms with Crippen LogP contribution in [0.4, 0.5) is 4.39 Å². The third kappa shape index (κ3) is 7.75. The Morgan fingerprint density at radius 1 is 1.38 bits per heavy atom. The zero-order valence-corrected chi connectivity index (χ0v) is 18.5. The number of hydrogen-bond acceptors (Lipinski definition) is 3. The Hall–Kier alpha value is -0.930. The number of nitrogens with zero attached hydrogens (tertiary/aromatic N) is 2. The fraction of sp³-hybridized carbons (Fsp3) is 0.632. The van der Waals surface area contributed by atoms with Crippen molar-refractivity contribution in [2.75, 3.05) is 39.8 Å². The van der Waals surface area contributed by atoms with Gasteiger partial charge in [0.15, 0.2) is 5.96 Å². The first kappa shape index (κ1) is 23.1. The monoisotopic (exact) mass is 478 g/mol. The summed E-state index contributed by atoms with van der Waals surface area (Å²) in [6, 6.07) is 5.28. The van der Waals surface area contributed by atoms with Gasteiger partial charge in [-0.1, -0.05) is 26.0 Å². The second kappa shape index (κ2) is 11.7. The van der Waals surface area contributed by atoms with Crippen molar-refractivity contribution in [2.24, 2.45) is 10.9 Å². The van der Waals surface area contributed by atoms with Crippen molar-refractivity contribution in [3.05, 3.63) is 35.1 Å². The van der Waals surface area contributed by atoms with E-state index in [0.717, 1.165) is 31.8 Å². The van der Waals surface area contributed by atoms with Crippen molar-refractivity contribution in [3.8, 4) is 0 Å². The SMILES string of the molecule is CN=C(NCc1ccc(C)c(F)c1)NCC1CN(CC(C)C)CCO1.I. The molecule has 148 valence electrons. The number of nitrogens with one attached hydrogen (secondary N) is 2. The molecule has 1 aliphatic heterocycles. The number of ether oxygens (including phenoxy) is 1. The molecule has 1 fully saturated rings. The van der Waals surface area contributed by atoms with Crippen molar-refractivity contribution in [1.82, 2.24) is 15.5 Å². The first-order chi connectivity index (χ1) is 12.0. The summed E-state index contributed by atoms with van der Waals surface area (Å²) in [5.74, 6) is 1.18. The molecule has 2 N–H and O–H groups in total. The van der Waals surface area contributed by atoms with Crippen molar-refractivity contribution < 1.29 is 9.13 Å². The average molecular weight is 478 g/mol. The van der Waals surface area contributed by atoms with Gasteiger partial charge in [0, 0.05) is 39.8 Å². The summed E-state index contributed by atoms with van der Waals surface area (Å²) in [6.45, 7) is 11.3. The van der Waals surface area contributed by atoms with Gasteiger partial charge in [-0.2, -0.15) is 0 Å². The van der Waals surface area contributed by atoms with Gasteiger partial charge in [-0.25, -0.2) is 4.39 Å². The molecule has 0 amide bonds. The molecule has 7 heteroatoms.